The fourth-order valence-corrected chi connectivity index (χ4v) is 3.46. The van der Waals surface area contributed by atoms with Gasteiger partial charge in [-0.3, -0.25) is 9.59 Å². The van der Waals surface area contributed by atoms with Gasteiger partial charge in [0.1, 0.15) is 6.04 Å². The predicted octanol–water partition coefficient (Wildman–Crippen LogP) is 0.658. The van der Waals surface area contributed by atoms with E-state index in [1.165, 1.54) is 0 Å². The van der Waals surface area contributed by atoms with Gasteiger partial charge in [-0.15, -0.1) is 12.4 Å². The maximum Gasteiger partial charge on any atom is 0.475 e. The average molecular weight is 412 g/mol. The Bertz CT molecular complexity index is 606. The molecule has 1 aromatic carbocycles. The molecule has 1 aliphatic rings. The maximum absolute atomic E-state index is 12.6. The van der Waals surface area contributed by atoms with Crippen molar-refractivity contribution in [2.45, 2.75) is 56.9 Å². The molecule has 0 bridgehead atoms. The summed E-state index contributed by atoms with van der Waals surface area (Å²) >= 11 is 0. The van der Waals surface area contributed by atoms with Gasteiger partial charge in [-0.1, -0.05) is 36.8 Å². The van der Waals surface area contributed by atoms with E-state index in [4.69, 9.17) is 5.73 Å². The van der Waals surface area contributed by atoms with Crippen LogP contribution in [0.15, 0.2) is 30.3 Å². The van der Waals surface area contributed by atoms with Gasteiger partial charge in [0.2, 0.25) is 11.8 Å². The van der Waals surface area contributed by atoms with Crippen LogP contribution in [0, 0.1) is 0 Å². The smallest absolute Gasteiger partial charge is 0.426 e. The molecule has 0 aromatic heterocycles. The number of benzene rings is 1. The molecule has 0 saturated carbocycles. The number of carbonyl (C=O) groups excluding carboxylic acids is 2. The number of amides is 2. The number of nitrogens with one attached hydrogen (secondary N) is 1. The largest absolute Gasteiger partial charge is 0.475 e. The first-order chi connectivity index (χ1) is 13.0. The highest BCUT2D eigenvalue weighted by Gasteiger charge is 2.36. The molecule has 0 radical (unpaired) electrons. The summed E-state index contributed by atoms with van der Waals surface area (Å²) in [6.45, 7) is 1.08. The van der Waals surface area contributed by atoms with Gasteiger partial charge >= 0.3 is 7.12 Å². The van der Waals surface area contributed by atoms with Crippen LogP contribution in [-0.4, -0.2) is 59.0 Å². The number of likely N-dealkylation sites (tertiary alicyclic amines) is 1. The van der Waals surface area contributed by atoms with Crippen molar-refractivity contribution in [1.82, 2.24) is 10.2 Å². The molecule has 1 fully saturated rings. The molecule has 9 heteroatoms. The third-order valence-electron chi connectivity index (χ3n) is 5.00. The summed E-state index contributed by atoms with van der Waals surface area (Å²) in [5, 5.41) is 21.7. The van der Waals surface area contributed by atoms with Crippen molar-refractivity contribution >= 4 is 31.3 Å². The Hall–Kier alpha value is -1.61. The highest BCUT2D eigenvalue weighted by atomic mass is 35.5. The van der Waals surface area contributed by atoms with Crippen LogP contribution < -0.4 is 11.1 Å². The molecule has 1 aliphatic heterocycles. The highest BCUT2D eigenvalue weighted by Crippen LogP contribution is 2.20. The minimum atomic E-state index is -1.63. The first kappa shape index (κ1) is 24.4. The van der Waals surface area contributed by atoms with E-state index in [0.717, 1.165) is 18.4 Å². The van der Waals surface area contributed by atoms with Crippen LogP contribution >= 0.6 is 12.4 Å². The normalized spacial score (nSPS) is 17.0. The number of rotatable bonds is 10. The van der Waals surface area contributed by atoms with Crippen molar-refractivity contribution in [2.24, 2.45) is 5.73 Å². The van der Waals surface area contributed by atoms with E-state index in [1.807, 2.05) is 30.3 Å². The lowest BCUT2D eigenvalue weighted by Crippen LogP contribution is -2.53. The number of hydrogen-bond donors (Lipinski definition) is 4. The minimum absolute atomic E-state index is 0. The molecule has 1 aromatic rings. The molecule has 2 amide bonds. The van der Waals surface area contributed by atoms with Gasteiger partial charge in [-0.2, -0.15) is 0 Å². The lowest BCUT2D eigenvalue weighted by Gasteiger charge is -2.26. The Morgan fingerprint density at radius 3 is 2.61 bits per heavy atom. The van der Waals surface area contributed by atoms with Crippen LogP contribution in [0.2, 0.25) is 0 Å². The Kier molecular flexibility index (Phi) is 11.1. The second kappa shape index (κ2) is 12.8. The number of nitrogens with two attached hydrogens (primary N) is 1. The van der Waals surface area contributed by atoms with Gasteiger partial charge in [0.15, 0.2) is 0 Å². The first-order valence-corrected chi connectivity index (χ1v) is 9.73. The van der Waals surface area contributed by atoms with E-state index >= 15 is 0 Å². The molecule has 0 spiro atoms. The minimum Gasteiger partial charge on any atom is -0.426 e. The zero-order chi connectivity index (χ0) is 19.6. The van der Waals surface area contributed by atoms with Crippen LogP contribution in [0.5, 0.6) is 0 Å². The topological polar surface area (TPSA) is 116 Å². The van der Waals surface area contributed by atoms with Crippen LogP contribution in [0.3, 0.4) is 0 Å². The van der Waals surface area contributed by atoms with Crippen molar-refractivity contribution < 1.29 is 19.6 Å². The number of hydrogen-bond acceptors (Lipinski definition) is 5. The van der Waals surface area contributed by atoms with Crippen LogP contribution in [0.25, 0.3) is 0 Å². The molecule has 156 valence electrons. The Labute approximate surface area is 173 Å². The standard InChI is InChI=1S/C19H30BN3O4.ClH/c21-13-5-4-10-17(20(26)27)22-19(25)16-9-6-14-23(16)18(24)12-11-15-7-2-1-3-8-15;/h1-3,7-8,16-17,26-27H,4-6,9-14,21H2,(H,22,25);1H/t16-,17-;/m0./s1. The Morgan fingerprint density at radius 1 is 1.25 bits per heavy atom. The molecule has 1 saturated heterocycles. The molecule has 0 aliphatic carbocycles. The Morgan fingerprint density at radius 2 is 1.96 bits per heavy atom. The fourth-order valence-electron chi connectivity index (χ4n) is 3.46. The SMILES string of the molecule is Cl.NCCCC[C@H](NC(=O)[C@@H]1CCCN1C(=O)CCc1ccccc1)B(O)O. The van der Waals surface area contributed by atoms with Crippen molar-refractivity contribution in [2.75, 3.05) is 13.1 Å². The van der Waals surface area contributed by atoms with Gasteiger partial charge < -0.3 is 26.0 Å². The second-order valence-electron chi connectivity index (χ2n) is 7.04. The molecular weight excluding hydrogens is 380 g/mol. The van der Waals surface area contributed by atoms with Crippen molar-refractivity contribution in [1.29, 1.82) is 0 Å². The number of carbonyl (C=O) groups is 2. The predicted molar refractivity (Wildman–Crippen MR) is 112 cm³/mol. The van der Waals surface area contributed by atoms with Gasteiger partial charge in [-0.05, 0) is 44.2 Å². The molecule has 0 unspecified atom stereocenters. The number of aryl methyl sites for hydroxylation is 1. The van der Waals surface area contributed by atoms with E-state index in [-0.39, 0.29) is 24.2 Å². The summed E-state index contributed by atoms with van der Waals surface area (Å²) < 4.78 is 0. The molecule has 7 nitrogen and oxygen atoms in total. The van der Waals surface area contributed by atoms with Crippen LogP contribution in [-0.2, 0) is 16.0 Å². The van der Waals surface area contributed by atoms with Gasteiger partial charge in [0.25, 0.3) is 0 Å². The molecule has 2 atom stereocenters. The van der Waals surface area contributed by atoms with E-state index in [2.05, 4.69) is 5.32 Å². The fraction of sp³-hybridized carbons (Fsp3) is 0.579. The summed E-state index contributed by atoms with van der Waals surface area (Å²) in [4.78, 5) is 26.9. The summed E-state index contributed by atoms with van der Waals surface area (Å²) in [7, 11) is -1.63. The number of halogens is 1. The van der Waals surface area contributed by atoms with Gasteiger partial charge in [-0.25, -0.2) is 0 Å². The molecular formula is C19H31BClN3O4. The quantitative estimate of drug-likeness (QED) is 0.333. The van der Waals surface area contributed by atoms with E-state index in [1.54, 1.807) is 4.90 Å². The van der Waals surface area contributed by atoms with Crippen molar-refractivity contribution in [3.05, 3.63) is 35.9 Å². The molecule has 1 heterocycles. The first-order valence-electron chi connectivity index (χ1n) is 9.73. The van der Waals surface area contributed by atoms with Crippen LogP contribution in [0.1, 0.15) is 44.1 Å². The summed E-state index contributed by atoms with van der Waals surface area (Å²) in [5.41, 5.74) is 6.55. The molecule has 5 N–H and O–H groups in total. The van der Waals surface area contributed by atoms with Crippen molar-refractivity contribution in [3.63, 3.8) is 0 Å². The summed E-state index contributed by atoms with van der Waals surface area (Å²) in [6, 6.07) is 9.25. The number of unbranched alkanes of at least 4 members (excludes halogenated alkanes) is 1. The summed E-state index contributed by atoms with van der Waals surface area (Å²) in [5.74, 6) is -1.10. The monoisotopic (exact) mass is 411 g/mol. The lowest BCUT2D eigenvalue weighted by molar-refractivity contribution is -0.138. The second-order valence-corrected chi connectivity index (χ2v) is 7.04. The summed E-state index contributed by atoms with van der Waals surface area (Å²) in [6.07, 6.45) is 4.26. The van der Waals surface area contributed by atoms with Crippen LogP contribution in [0.4, 0.5) is 0 Å². The molecule has 2 rings (SSSR count). The third kappa shape index (κ3) is 7.43. The lowest BCUT2D eigenvalue weighted by atomic mass is 9.76. The zero-order valence-corrected chi connectivity index (χ0v) is 16.9. The highest BCUT2D eigenvalue weighted by molar-refractivity contribution is 6.43. The number of nitrogens with zero attached hydrogens (tertiary/aromatic N) is 1. The Balaban J connectivity index is 0.00000392. The van der Waals surface area contributed by atoms with E-state index in [9.17, 15) is 19.6 Å². The van der Waals surface area contributed by atoms with E-state index < -0.39 is 19.1 Å². The van der Waals surface area contributed by atoms with E-state index in [0.29, 0.717) is 45.2 Å². The van der Waals surface area contributed by atoms with Crippen molar-refractivity contribution in [3.8, 4) is 0 Å². The molecule has 28 heavy (non-hydrogen) atoms. The third-order valence-corrected chi connectivity index (χ3v) is 5.00. The maximum atomic E-state index is 12.6. The average Bonchev–Trinajstić information content (AvgIpc) is 3.16. The zero-order valence-electron chi connectivity index (χ0n) is 16.1. The van der Waals surface area contributed by atoms with Gasteiger partial charge in [0, 0.05) is 13.0 Å². The van der Waals surface area contributed by atoms with Gasteiger partial charge in [0.05, 0.1) is 5.94 Å².